The van der Waals surface area contributed by atoms with Gasteiger partial charge in [-0.3, -0.25) is 0 Å². The molecule has 90 valence electrons. The zero-order chi connectivity index (χ0) is 13.0. The van der Waals surface area contributed by atoms with E-state index in [-0.39, 0.29) is 0 Å². The van der Waals surface area contributed by atoms with Gasteiger partial charge in [-0.2, -0.15) is 5.26 Å². The van der Waals surface area contributed by atoms with Crippen molar-refractivity contribution in [1.82, 2.24) is 0 Å². The first kappa shape index (κ1) is 12.2. The number of aliphatic hydroxyl groups excluding tert-OH is 1. The van der Waals surface area contributed by atoms with Crippen LogP contribution in [0.25, 0.3) is 0 Å². The molecule has 2 aromatic rings. The summed E-state index contributed by atoms with van der Waals surface area (Å²) in [7, 11) is 0. The first-order chi connectivity index (χ1) is 8.69. The molecule has 2 rings (SSSR count). The first-order valence-electron chi connectivity index (χ1n) is 5.61. The molecule has 1 atom stereocenters. The summed E-state index contributed by atoms with van der Waals surface area (Å²) in [6, 6.07) is 16.4. The van der Waals surface area contributed by atoms with E-state index in [1.807, 2.05) is 31.2 Å². The molecular weight excluding hydrogens is 226 g/mol. The number of rotatable bonds is 3. The van der Waals surface area contributed by atoms with Gasteiger partial charge in [0.15, 0.2) is 6.10 Å². The van der Waals surface area contributed by atoms with Crippen molar-refractivity contribution in [3.8, 4) is 17.6 Å². The zero-order valence-electron chi connectivity index (χ0n) is 10.00. The monoisotopic (exact) mass is 239 g/mol. The lowest BCUT2D eigenvalue weighted by molar-refractivity contribution is 0.235. The van der Waals surface area contributed by atoms with Gasteiger partial charge in [0.2, 0.25) is 0 Å². The van der Waals surface area contributed by atoms with Crippen molar-refractivity contribution in [2.75, 3.05) is 0 Å². The van der Waals surface area contributed by atoms with Crippen molar-refractivity contribution in [3.63, 3.8) is 0 Å². The van der Waals surface area contributed by atoms with Crippen LogP contribution in [0.5, 0.6) is 11.5 Å². The predicted octanol–water partition coefficient (Wildman–Crippen LogP) is 3.34. The molecule has 1 unspecified atom stereocenters. The molecule has 0 spiro atoms. The zero-order valence-corrected chi connectivity index (χ0v) is 10.00. The summed E-state index contributed by atoms with van der Waals surface area (Å²) in [5, 5.41) is 18.1. The third-order valence-electron chi connectivity index (χ3n) is 2.52. The molecule has 0 bridgehead atoms. The first-order valence-corrected chi connectivity index (χ1v) is 5.61. The molecule has 0 amide bonds. The number of hydrogen-bond acceptors (Lipinski definition) is 3. The van der Waals surface area contributed by atoms with Crippen molar-refractivity contribution in [1.29, 1.82) is 5.26 Å². The molecule has 0 aromatic heterocycles. The molecule has 0 saturated carbocycles. The number of hydrogen-bond donors (Lipinski definition) is 1. The number of benzene rings is 2. The van der Waals surface area contributed by atoms with E-state index in [0.717, 1.165) is 11.3 Å². The molecule has 0 aliphatic carbocycles. The third-order valence-corrected chi connectivity index (χ3v) is 2.52. The van der Waals surface area contributed by atoms with Crippen molar-refractivity contribution in [3.05, 3.63) is 59.7 Å². The maximum Gasteiger partial charge on any atom is 0.166 e. The second-order valence-corrected chi connectivity index (χ2v) is 4.02. The quantitative estimate of drug-likeness (QED) is 0.836. The third kappa shape index (κ3) is 2.88. The van der Waals surface area contributed by atoms with Crippen LogP contribution in [0.2, 0.25) is 0 Å². The predicted molar refractivity (Wildman–Crippen MR) is 68.3 cm³/mol. The van der Waals surface area contributed by atoms with E-state index >= 15 is 0 Å². The van der Waals surface area contributed by atoms with Crippen molar-refractivity contribution >= 4 is 0 Å². The maximum absolute atomic E-state index is 9.45. The van der Waals surface area contributed by atoms with E-state index in [0.29, 0.717) is 11.3 Å². The van der Waals surface area contributed by atoms with Gasteiger partial charge >= 0.3 is 0 Å². The SMILES string of the molecule is Cc1cccc(Oc2cccc(C(O)C#N)c2)c1. The van der Waals surface area contributed by atoms with E-state index < -0.39 is 6.10 Å². The average Bonchev–Trinajstić information content (AvgIpc) is 2.38. The van der Waals surface area contributed by atoms with Crippen LogP contribution in [0, 0.1) is 18.3 Å². The number of nitriles is 1. The summed E-state index contributed by atoms with van der Waals surface area (Å²) < 4.78 is 5.67. The van der Waals surface area contributed by atoms with Gasteiger partial charge in [0.25, 0.3) is 0 Å². The highest BCUT2D eigenvalue weighted by atomic mass is 16.5. The van der Waals surface area contributed by atoms with Gasteiger partial charge in [0.1, 0.15) is 11.5 Å². The van der Waals surface area contributed by atoms with E-state index in [4.69, 9.17) is 10.00 Å². The van der Waals surface area contributed by atoms with E-state index in [2.05, 4.69) is 0 Å². The summed E-state index contributed by atoms with van der Waals surface area (Å²) in [4.78, 5) is 0. The van der Waals surface area contributed by atoms with Crippen LogP contribution < -0.4 is 4.74 Å². The summed E-state index contributed by atoms with van der Waals surface area (Å²) in [6.07, 6.45) is -1.12. The Kier molecular flexibility index (Phi) is 3.61. The Bertz CT molecular complexity index is 587. The van der Waals surface area contributed by atoms with Crippen LogP contribution in [0.3, 0.4) is 0 Å². The van der Waals surface area contributed by atoms with Gasteiger partial charge in [0, 0.05) is 0 Å². The Morgan fingerprint density at radius 3 is 2.44 bits per heavy atom. The topological polar surface area (TPSA) is 53.2 Å². The van der Waals surface area contributed by atoms with Gasteiger partial charge in [-0.15, -0.1) is 0 Å². The Morgan fingerprint density at radius 1 is 1.11 bits per heavy atom. The minimum atomic E-state index is -1.12. The number of nitrogens with zero attached hydrogens (tertiary/aromatic N) is 1. The highest BCUT2D eigenvalue weighted by Gasteiger charge is 2.06. The molecule has 0 aliphatic rings. The van der Waals surface area contributed by atoms with Crippen molar-refractivity contribution in [2.45, 2.75) is 13.0 Å². The second-order valence-electron chi connectivity index (χ2n) is 4.02. The molecular formula is C15H13NO2. The molecule has 0 radical (unpaired) electrons. The largest absolute Gasteiger partial charge is 0.457 e. The Balaban J connectivity index is 2.22. The van der Waals surface area contributed by atoms with E-state index in [1.54, 1.807) is 30.3 Å². The Hall–Kier alpha value is -2.31. The summed E-state index contributed by atoms with van der Waals surface area (Å²) in [5.41, 5.74) is 1.64. The summed E-state index contributed by atoms with van der Waals surface area (Å²) in [6.45, 7) is 1.99. The highest BCUT2D eigenvalue weighted by molar-refractivity contribution is 5.37. The minimum absolute atomic E-state index is 0.530. The molecule has 3 nitrogen and oxygen atoms in total. The van der Waals surface area contributed by atoms with Crippen LogP contribution in [-0.2, 0) is 0 Å². The average molecular weight is 239 g/mol. The smallest absolute Gasteiger partial charge is 0.166 e. The number of aliphatic hydroxyl groups is 1. The van der Waals surface area contributed by atoms with Gasteiger partial charge < -0.3 is 9.84 Å². The summed E-state index contributed by atoms with van der Waals surface area (Å²) >= 11 is 0. The Labute approximate surface area is 106 Å². The van der Waals surface area contributed by atoms with Crippen molar-refractivity contribution < 1.29 is 9.84 Å². The van der Waals surface area contributed by atoms with Crippen LogP contribution in [-0.4, -0.2) is 5.11 Å². The van der Waals surface area contributed by atoms with Crippen LogP contribution >= 0.6 is 0 Å². The molecule has 2 aromatic carbocycles. The fraction of sp³-hybridized carbons (Fsp3) is 0.133. The molecule has 3 heteroatoms. The number of ether oxygens (including phenoxy) is 1. The Morgan fingerprint density at radius 2 is 1.78 bits per heavy atom. The lowest BCUT2D eigenvalue weighted by Gasteiger charge is -2.08. The lowest BCUT2D eigenvalue weighted by Crippen LogP contribution is -1.93. The van der Waals surface area contributed by atoms with E-state index in [9.17, 15) is 5.11 Å². The van der Waals surface area contributed by atoms with Gasteiger partial charge in [0.05, 0.1) is 6.07 Å². The number of aryl methyl sites for hydroxylation is 1. The van der Waals surface area contributed by atoms with Crippen LogP contribution in [0.15, 0.2) is 48.5 Å². The minimum Gasteiger partial charge on any atom is -0.457 e. The highest BCUT2D eigenvalue weighted by Crippen LogP contribution is 2.24. The molecule has 18 heavy (non-hydrogen) atoms. The fourth-order valence-electron chi connectivity index (χ4n) is 1.64. The molecule has 0 heterocycles. The molecule has 1 N–H and O–H groups in total. The standard InChI is InChI=1S/C15H13NO2/c1-11-4-2-6-13(8-11)18-14-7-3-5-12(9-14)15(17)10-16/h2-9,15,17H,1H3. The summed E-state index contributed by atoms with van der Waals surface area (Å²) in [5.74, 6) is 1.34. The fourth-order valence-corrected chi connectivity index (χ4v) is 1.64. The lowest BCUT2D eigenvalue weighted by atomic mass is 10.1. The van der Waals surface area contributed by atoms with Crippen molar-refractivity contribution in [2.24, 2.45) is 0 Å². The van der Waals surface area contributed by atoms with Gasteiger partial charge in [-0.05, 0) is 42.3 Å². The molecule has 0 fully saturated rings. The van der Waals surface area contributed by atoms with Gasteiger partial charge in [-0.25, -0.2) is 0 Å². The maximum atomic E-state index is 9.45. The molecule has 0 saturated heterocycles. The van der Waals surface area contributed by atoms with E-state index in [1.165, 1.54) is 0 Å². The normalized spacial score (nSPS) is 11.6. The van der Waals surface area contributed by atoms with Gasteiger partial charge in [-0.1, -0.05) is 24.3 Å². The van der Waals surface area contributed by atoms with Crippen LogP contribution in [0.4, 0.5) is 0 Å². The molecule has 0 aliphatic heterocycles. The second kappa shape index (κ2) is 5.35. The van der Waals surface area contributed by atoms with Crippen LogP contribution in [0.1, 0.15) is 17.2 Å².